The molecule has 4 bridgehead atoms. The first-order valence-electron chi connectivity index (χ1n) is 31.0. The molecule has 2 aromatic heterocycles. The van der Waals surface area contributed by atoms with Crippen molar-refractivity contribution in [2.45, 2.75) is 144 Å². The second-order valence-corrected chi connectivity index (χ2v) is 25.2. The maximum Gasteiger partial charge on any atom is 0.236 e. The molecule has 33 nitrogen and oxygen atoms in total. The minimum Gasteiger partial charge on any atom is -0.379 e. The molecule has 8 rings (SSSR count). The maximum absolute atomic E-state index is 12.8. The van der Waals surface area contributed by atoms with Crippen LogP contribution < -0.4 is 26.6 Å². The number of ether oxygens (including phenoxy) is 18. The average Bonchev–Trinajstić information content (AvgIpc) is 1.57. The number of hydrogen-bond donors (Lipinski definition) is 5. The molecule has 92 heavy (non-hydrogen) atoms. The predicted molar refractivity (Wildman–Crippen MR) is 327 cm³/mol. The van der Waals surface area contributed by atoms with Gasteiger partial charge in [0.2, 0.25) is 38.6 Å². The number of amides is 3. The summed E-state index contributed by atoms with van der Waals surface area (Å²) in [6.45, 7) is 14.5. The third-order valence-electron chi connectivity index (χ3n) is 14.9. The van der Waals surface area contributed by atoms with Gasteiger partial charge in [-0.25, -0.2) is 0 Å². The summed E-state index contributed by atoms with van der Waals surface area (Å²) in [6, 6.07) is -1.33. The van der Waals surface area contributed by atoms with Gasteiger partial charge in [0.1, 0.15) is 47.7 Å². The number of nitrogens with one attached hydrogen (secondary N) is 5. The normalized spacial score (nSPS) is 26.7. The number of hydrogen-bond acceptors (Lipinski definition) is 30. The second-order valence-electron chi connectivity index (χ2n) is 23.0. The van der Waals surface area contributed by atoms with Gasteiger partial charge in [0, 0.05) is 66.9 Å². The van der Waals surface area contributed by atoms with E-state index in [1.165, 1.54) is 0 Å². The van der Waals surface area contributed by atoms with Crippen LogP contribution in [-0.2, 0) is 99.6 Å². The molecule has 0 spiro atoms. The summed E-state index contributed by atoms with van der Waals surface area (Å²) in [5, 5.41) is 20.0. The number of nitrogens with zero attached hydrogens (tertiary/aromatic N) is 7. The van der Waals surface area contributed by atoms with Crippen LogP contribution in [0.3, 0.4) is 0 Å². The van der Waals surface area contributed by atoms with Crippen molar-refractivity contribution >= 4 is 74.3 Å². The largest absolute Gasteiger partial charge is 0.379 e. The van der Waals surface area contributed by atoms with E-state index in [1.807, 2.05) is 27.7 Å². The first kappa shape index (κ1) is 74.1. The van der Waals surface area contributed by atoms with Gasteiger partial charge in [-0.15, -0.1) is 0 Å². The van der Waals surface area contributed by atoms with Gasteiger partial charge in [-0.2, -0.15) is 18.7 Å². The average molecular weight is 1390 g/mol. The molecule has 0 unspecified atom stereocenters. The Hall–Kier alpha value is -3.70. The molecule has 8 heterocycles. The van der Waals surface area contributed by atoms with E-state index in [9.17, 15) is 14.4 Å². The van der Waals surface area contributed by atoms with Gasteiger partial charge in [0.05, 0.1) is 151 Å². The Morgan fingerprint density at radius 2 is 0.978 bits per heavy atom. The molecule has 0 saturated carbocycles. The third-order valence-corrected chi connectivity index (χ3v) is 16.7. The van der Waals surface area contributed by atoms with Crippen molar-refractivity contribution in [3.05, 3.63) is 21.0 Å². The van der Waals surface area contributed by atoms with E-state index in [0.717, 1.165) is 29.5 Å². The van der Waals surface area contributed by atoms with Gasteiger partial charge >= 0.3 is 0 Å². The van der Waals surface area contributed by atoms with Gasteiger partial charge in [-0.05, 0) is 69.3 Å². The minimum absolute atomic E-state index is 0.0836. The van der Waals surface area contributed by atoms with Gasteiger partial charge < -0.3 is 112 Å². The first-order chi connectivity index (χ1) is 44.5. The number of halogens is 2. The lowest BCUT2D eigenvalue weighted by molar-refractivity contribution is -0.208. The van der Waals surface area contributed by atoms with Crippen molar-refractivity contribution < 1.29 is 99.6 Å². The molecule has 37 heteroatoms. The standard InChI is InChI=1S/C55H88Cl2N12O21S2/c1-52(2)85-42-40(63-50-65-48(56)67-91-50)46-83-34-54(89-46,44(42)87-52)32-81-28-26-77-24-22-75-20-18-73-16-12-59-37(70)9-14-79-30-36(62-39(72)8-6-5-7-11-61-69-58)31-80-15-10-38(71)60-13-17-74-19-21-76-23-25-78-27-29-82-33-55-35-84-47(90-55)41(64-51-66-49(57)68-92-51)43-45(55)88-53(3,4)86-43/h36,40-47H,5-35H2,1-4H3,(H,59,70)(H,60,71)(H,62,72)(H,63,65,67)(H,64,66,68)/t40-,41-,42-,43-,44-,45-,46+,47+,54+,55+/m1/s1. The van der Waals surface area contributed by atoms with E-state index in [0.29, 0.717) is 135 Å². The van der Waals surface area contributed by atoms with E-state index in [2.05, 4.69) is 55.3 Å². The van der Waals surface area contributed by atoms with Crippen LogP contribution >= 0.6 is 46.3 Å². The summed E-state index contributed by atoms with van der Waals surface area (Å²) < 4.78 is 115. The van der Waals surface area contributed by atoms with Crippen molar-refractivity contribution in [2.24, 2.45) is 5.11 Å². The Morgan fingerprint density at radius 3 is 1.39 bits per heavy atom. The predicted octanol–water partition coefficient (Wildman–Crippen LogP) is 2.78. The van der Waals surface area contributed by atoms with Crippen LogP contribution in [0.2, 0.25) is 10.6 Å². The Morgan fingerprint density at radius 1 is 0.554 bits per heavy atom. The summed E-state index contributed by atoms with van der Waals surface area (Å²) in [5.74, 6) is -2.32. The van der Waals surface area contributed by atoms with E-state index < -0.39 is 77.9 Å². The number of anilines is 2. The van der Waals surface area contributed by atoms with Crippen LogP contribution in [0.15, 0.2) is 5.11 Å². The monoisotopic (exact) mass is 1390 g/mol. The maximum atomic E-state index is 12.8. The zero-order valence-corrected chi connectivity index (χ0v) is 55.5. The zero-order chi connectivity index (χ0) is 65.1. The summed E-state index contributed by atoms with van der Waals surface area (Å²) in [7, 11) is 0. The fraction of sp³-hybridized carbons (Fsp3) is 0.873. The van der Waals surface area contributed by atoms with Crippen molar-refractivity contribution in [3.63, 3.8) is 0 Å². The number of carbonyl (C=O) groups is 3. The van der Waals surface area contributed by atoms with Gasteiger partial charge in [-0.3, -0.25) is 14.4 Å². The smallest absolute Gasteiger partial charge is 0.236 e. The van der Waals surface area contributed by atoms with E-state index in [1.54, 1.807) is 0 Å². The highest BCUT2D eigenvalue weighted by molar-refractivity contribution is 7.10. The molecule has 520 valence electrons. The van der Waals surface area contributed by atoms with E-state index in [4.69, 9.17) is 114 Å². The van der Waals surface area contributed by atoms with Crippen molar-refractivity contribution in [1.82, 2.24) is 34.7 Å². The summed E-state index contributed by atoms with van der Waals surface area (Å²) >= 11 is 14.1. The van der Waals surface area contributed by atoms with Gasteiger partial charge in [-0.1, -0.05) is 11.5 Å². The Bertz CT molecular complexity index is 2440. The number of fused-ring (bicyclic) bond motifs is 8. The van der Waals surface area contributed by atoms with Gasteiger partial charge in [0.25, 0.3) is 0 Å². The van der Waals surface area contributed by atoms with Crippen molar-refractivity contribution in [3.8, 4) is 0 Å². The fourth-order valence-electron chi connectivity index (χ4n) is 10.8. The summed E-state index contributed by atoms with van der Waals surface area (Å²) in [4.78, 5) is 48.9. The molecule has 2 aromatic rings. The summed E-state index contributed by atoms with van der Waals surface area (Å²) in [5.41, 5.74) is 6.79. The molecule has 3 amide bonds. The number of aromatic nitrogens is 4. The summed E-state index contributed by atoms with van der Waals surface area (Å²) in [6.07, 6.45) is -0.501. The molecule has 10 atom stereocenters. The molecule has 0 aliphatic carbocycles. The number of rotatable bonds is 49. The lowest BCUT2D eigenvalue weighted by atomic mass is 9.88. The molecule has 6 saturated heterocycles. The molecular formula is C55H88Cl2N12O21S2. The lowest BCUT2D eigenvalue weighted by Gasteiger charge is -2.42. The van der Waals surface area contributed by atoms with Crippen LogP contribution in [0.25, 0.3) is 10.4 Å². The van der Waals surface area contributed by atoms with Gasteiger partial charge in [0.15, 0.2) is 24.2 Å². The molecular weight excluding hydrogens is 1300 g/mol. The van der Waals surface area contributed by atoms with Crippen LogP contribution in [0.5, 0.6) is 0 Å². The van der Waals surface area contributed by atoms with Crippen LogP contribution in [0.4, 0.5) is 10.3 Å². The SMILES string of the molecule is CC1(C)O[C@@H]2[C@@H](Nc3nc(Cl)ns3)[C@H]3OC[C@](COCCOCCOCCOCCNC(=O)CCOCC(COCCC(=O)NCCOCCOCCOCCOC[C@@]45CO[C@@H](O4)[C@H](Nc4nc(Cl)ns4)[C@H]4OC(C)(C)O[C@H]45)NC(=O)CCCCCN=[N+]=[N-])(O3)[C@@H]2O1. The minimum atomic E-state index is -0.854. The highest BCUT2D eigenvalue weighted by atomic mass is 35.5. The van der Waals surface area contributed by atoms with Crippen molar-refractivity contribution in [2.75, 3.05) is 176 Å². The fourth-order valence-corrected chi connectivity index (χ4v) is 12.3. The quantitative estimate of drug-likeness (QED) is 0.0275. The van der Waals surface area contributed by atoms with Crippen LogP contribution in [-0.4, -0.2) is 279 Å². The van der Waals surface area contributed by atoms with Crippen LogP contribution in [0.1, 0.15) is 66.2 Å². The van der Waals surface area contributed by atoms with Crippen molar-refractivity contribution in [1.29, 1.82) is 0 Å². The Labute approximate surface area is 552 Å². The first-order valence-corrected chi connectivity index (χ1v) is 33.3. The third kappa shape index (κ3) is 23.8. The molecule has 6 aliphatic heterocycles. The highest BCUT2D eigenvalue weighted by Gasteiger charge is 2.67. The number of azide groups is 1. The highest BCUT2D eigenvalue weighted by Crippen LogP contribution is 2.49. The zero-order valence-electron chi connectivity index (χ0n) is 52.4. The van der Waals surface area contributed by atoms with E-state index >= 15 is 0 Å². The number of unbranched alkanes of at least 4 members (excludes halogenated alkanes) is 2. The molecule has 0 radical (unpaired) electrons. The Balaban J connectivity index is 0.582. The topological polar surface area (TPSA) is 378 Å². The van der Waals surface area contributed by atoms with Crippen LogP contribution in [0, 0.1) is 0 Å². The Kier molecular flexibility index (Phi) is 30.8. The molecule has 0 aromatic carbocycles. The molecule has 5 N–H and O–H groups in total. The lowest BCUT2D eigenvalue weighted by Crippen LogP contribution is -2.63. The second kappa shape index (κ2) is 38.3. The van der Waals surface area contributed by atoms with E-state index in [-0.39, 0.29) is 100 Å². The number of carbonyl (C=O) groups excluding carboxylic acids is 3. The molecule has 6 aliphatic rings. The molecule has 6 fully saturated rings.